The van der Waals surface area contributed by atoms with Crippen LogP contribution in [0.25, 0.3) is 0 Å². The quantitative estimate of drug-likeness (QED) is 0.577. The van der Waals surface area contributed by atoms with Gasteiger partial charge in [-0.3, -0.25) is 19.8 Å². The molecule has 1 N–H and O–H groups in total. The molecule has 30 heavy (non-hydrogen) atoms. The van der Waals surface area contributed by atoms with Crippen molar-refractivity contribution in [2.75, 3.05) is 44.7 Å². The van der Waals surface area contributed by atoms with Crippen molar-refractivity contribution in [1.29, 1.82) is 0 Å². The molecule has 1 atom stereocenters. The van der Waals surface area contributed by atoms with Gasteiger partial charge in [0.2, 0.25) is 5.91 Å². The van der Waals surface area contributed by atoms with E-state index in [4.69, 9.17) is 4.74 Å². The van der Waals surface area contributed by atoms with Crippen molar-refractivity contribution in [3.05, 3.63) is 63.7 Å². The van der Waals surface area contributed by atoms with Gasteiger partial charge in [0.25, 0.3) is 5.69 Å². The van der Waals surface area contributed by atoms with Gasteiger partial charge in [0, 0.05) is 43.9 Å². The van der Waals surface area contributed by atoms with Crippen LogP contribution in [0.5, 0.6) is 5.75 Å². The second-order valence-corrected chi connectivity index (χ2v) is 7.30. The number of hydrogen-bond acceptors (Lipinski definition) is 6. The van der Waals surface area contributed by atoms with Gasteiger partial charge in [0.05, 0.1) is 30.3 Å². The second kappa shape index (κ2) is 9.42. The van der Waals surface area contributed by atoms with Gasteiger partial charge in [-0.1, -0.05) is 24.3 Å². The summed E-state index contributed by atoms with van der Waals surface area (Å²) in [6.07, 6.45) is 0.719. The van der Waals surface area contributed by atoms with Crippen molar-refractivity contribution < 1.29 is 14.5 Å². The summed E-state index contributed by atoms with van der Waals surface area (Å²) in [6.45, 7) is 3.09. The lowest BCUT2D eigenvalue weighted by Crippen LogP contribution is -2.50. The molecule has 2 aliphatic rings. The molecule has 0 spiro atoms. The third-order valence-electron chi connectivity index (χ3n) is 5.67. The molecule has 4 rings (SSSR count). The fourth-order valence-electron chi connectivity index (χ4n) is 4.18. The molecule has 9 heteroatoms. The number of ether oxygens (including phenoxy) is 1. The smallest absolute Gasteiger partial charge is 0.271 e. The Kier molecular flexibility index (Phi) is 6.91. The number of benzene rings is 2. The third-order valence-corrected chi connectivity index (χ3v) is 5.67. The van der Waals surface area contributed by atoms with Gasteiger partial charge in [-0.15, -0.1) is 12.4 Å². The highest BCUT2D eigenvalue weighted by Gasteiger charge is 2.32. The molecule has 1 amide bonds. The summed E-state index contributed by atoms with van der Waals surface area (Å²) in [7, 11) is 1.65. The Morgan fingerprint density at radius 3 is 2.83 bits per heavy atom. The van der Waals surface area contributed by atoms with Crippen molar-refractivity contribution in [2.24, 2.45) is 0 Å². The van der Waals surface area contributed by atoms with Gasteiger partial charge < -0.3 is 15.0 Å². The number of rotatable bonds is 5. The Hall–Kier alpha value is -2.68. The Morgan fingerprint density at radius 2 is 2.07 bits per heavy atom. The number of piperazine rings is 1. The van der Waals surface area contributed by atoms with E-state index in [9.17, 15) is 14.9 Å². The van der Waals surface area contributed by atoms with Crippen molar-refractivity contribution in [2.45, 2.75) is 12.5 Å². The van der Waals surface area contributed by atoms with E-state index < -0.39 is 4.92 Å². The number of methoxy groups -OCH3 is 1. The van der Waals surface area contributed by atoms with Crippen LogP contribution in [-0.4, -0.2) is 55.6 Å². The fourth-order valence-corrected chi connectivity index (χ4v) is 4.18. The average Bonchev–Trinajstić information content (AvgIpc) is 3.17. The number of halogens is 1. The SMILES string of the molecule is COc1ccccc1C1CNCCN1CC(=O)N1CCc2ccc([N+](=O)[O-])cc21.Cl. The highest BCUT2D eigenvalue weighted by molar-refractivity contribution is 5.97. The van der Waals surface area contributed by atoms with Crippen molar-refractivity contribution in [1.82, 2.24) is 10.2 Å². The predicted molar refractivity (Wildman–Crippen MR) is 117 cm³/mol. The van der Waals surface area contributed by atoms with Gasteiger partial charge in [-0.25, -0.2) is 0 Å². The van der Waals surface area contributed by atoms with Gasteiger partial charge in [-0.05, 0) is 18.1 Å². The highest BCUT2D eigenvalue weighted by atomic mass is 35.5. The van der Waals surface area contributed by atoms with Crippen LogP contribution in [0.1, 0.15) is 17.2 Å². The van der Waals surface area contributed by atoms with E-state index in [0.717, 1.165) is 42.9 Å². The number of amides is 1. The number of nitro groups is 1. The molecule has 0 aromatic heterocycles. The molecule has 0 saturated carbocycles. The summed E-state index contributed by atoms with van der Waals surface area (Å²) < 4.78 is 5.52. The predicted octanol–water partition coefficient (Wildman–Crippen LogP) is 2.56. The van der Waals surface area contributed by atoms with Crippen LogP contribution in [-0.2, 0) is 11.2 Å². The molecule has 0 aliphatic carbocycles. The number of non-ortho nitro benzene ring substituents is 1. The number of hydrogen-bond donors (Lipinski definition) is 1. The molecule has 0 radical (unpaired) electrons. The Bertz CT molecular complexity index is 939. The van der Waals surface area contributed by atoms with E-state index in [1.807, 2.05) is 24.3 Å². The van der Waals surface area contributed by atoms with E-state index in [1.54, 1.807) is 18.1 Å². The van der Waals surface area contributed by atoms with E-state index in [1.165, 1.54) is 12.1 Å². The lowest BCUT2D eigenvalue weighted by atomic mass is 10.0. The number of carbonyl (C=O) groups is 1. The summed E-state index contributed by atoms with van der Waals surface area (Å²) in [5.74, 6) is 0.770. The largest absolute Gasteiger partial charge is 0.496 e. The number of fused-ring (bicyclic) bond motifs is 1. The Labute approximate surface area is 181 Å². The molecule has 2 aromatic rings. The van der Waals surface area contributed by atoms with Crippen LogP contribution < -0.4 is 15.0 Å². The van der Waals surface area contributed by atoms with Crippen LogP contribution in [0, 0.1) is 10.1 Å². The van der Waals surface area contributed by atoms with Crippen molar-refractivity contribution >= 4 is 29.7 Å². The monoisotopic (exact) mass is 432 g/mol. The Balaban J connectivity index is 0.00000256. The topological polar surface area (TPSA) is 88.0 Å². The van der Waals surface area contributed by atoms with Crippen LogP contribution in [0.3, 0.4) is 0 Å². The molecule has 160 valence electrons. The lowest BCUT2D eigenvalue weighted by Gasteiger charge is -2.37. The zero-order chi connectivity index (χ0) is 20.4. The Morgan fingerprint density at radius 1 is 1.27 bits per heavy atom. The summed E-state index contributed by atoms with van der Waals surface area (Å²) in [6, 6.07) is 12.7. The molecule has 2 aliphatic heterocycles. The number of nitro benzene ring substituents is 1. The normalized spacial score (nSPS) is 18.4. The van der Waals surface area contributed by atoms with Crippen molar-refractivity contribution in [3.8, 4) is 5.75 Å². The number of carbonyl (C=O) groups excluding carboxylic acids is 1. The maximum atomic E-state index is 13.2. The number of nitrogens with zero attached hydrogens (tertiary/aromatic N) is 3. The summed E-state index contributed by atoms with van der Waals surface area (Å²) >= 11 is 0. The minimum absolute atomic E-state index is 0. The fraction of sp³-hybridized carbons (Fsp3) is 0.381. The molecule has 0 bridgehead atoms. The minimum atomic E-state index is -0.421. The number of nitrogens with one attached hydrogen (secondary N) is 1. The van der Waals surface area contributed by atoms with E-state index in [0.29, 0.717) is 12.2 Å². The first-order valence-corrected chi connectivity index (χ1v) is 9.74. The zero-order valence-electron chi connectivity index (χ0n) is 16.7. The van der Waals surface area contributed by atoms with Crippen LogP contribution in [0.15, 0.2) is 42.5 Å². The molecule has 1 fully saturated rings. The summed E-state index contributed by atoms with van der Waals surface area (Å²) in [4.78, 5) is 27.7. The minimum Gasteiger partial charge on any atom is -0.496 e. The number of anilines is 1. The molecule has 1 saturated heterocycles. The maximum absolute atomic E-state index is 13.2. The van der Waals surface area contributed by atoms with Gasteiger partial charge in [-0.2, -0.15) is 0 Å². The maximum Gasteiger partial charge on any atom is 0.271 e. The number of para-hydroxylation sites is 1. The molecule has 2 heterocycles. The third kappa shape index (κ3) is 4.26. The summed E-state index contributed by atoms with van der Waals surface area (Å²) in [5, 5.41) is 14.5. The first-order valence-electron chi connectivity index (χ1n) is 9.74. The van der Waals surface area contributed by atoms with E-state index >= 15 is 0 Å². The van der Waals surface area contributed by atoms with E-state index in [-0.39, 0.29) is 36.6 Å². The van der Waals surface area contributed by atoms with Gasteiger partial charge in [0.1, 0.15) is 5.75 Å². The highest BCUT2D eigenvalue weighted by Crippen LogP contribution is 2.33. The first kappa shape index (κ1) is 22.0. The lowest BCUT2D eigenvalue weighted by molar-refractivity contribution is -0.384. The zero-order valence-corrected chi connectivity index (χ0v) is 17.6. The van der Waals surface area contributed by atoms with Gasteiger partial charge in [0.15, 0.2) is 0 Å². The molecular weight excluding hydrogens is 408 g/mol. The van der Waals surface area contributed by atoms with E-state index in [2.05, 4.69) is 10.2 Å². The van der Waals surface area contributed by atoms with Crippen molar-refractivity contribution in [3.63, 3.8) is 0 Å². The van der Waals surface area contributed by atoms with Crippen LogP contribution in [0.2, 0.25) is 0 Å². The first-order chi connectivity index (χ1) is 14.1. The summed E-state index contributed by atoms with van der Waals surface area (Å²) in [5.41, 5.74) is 2.70. The second-order valence-electron chi connectivity index (χ2n) is 7.30. The molecule has 1 unspecified atom stereocenters. The molecular formula is C21H25ClN4O4. The standard InChI is InChI=1S/C21H24N4O4.ClH/c1-29-20-5-3-2-4-17(20)19-13-22-9-11-23(19)14-21(26)24-10-8-15-6-7-16(25(27)28)12-18(15)24;/h2-7,12,19,22H,8-11,13-14H2,1H3;1H. The van der Waals surface area contributed by atoms with Crippen LogP contribution >= 0.6 is 12.4 Å². The van der Waals surface area contributed by atoms with Crippen LogP contribution in [0.4, 0.5) is 11.4 Å². The molecule has 2 aromatic carbocycles. The molecule has 8 nitrogen and oxygen atoms in total. The van der Waals surface area contributed by atoms with Gasteiger partial charge >= 0.3 is 0 Å². The average molecular weight is 433 g/mol.